The molecule has 4 fully saturated rings. The van der Waals surface area contributed by atoms with Crippen LogP contribution in [0.5, 0.6) is 23.0 Å². The maximum atomic E-state index is 12.7. The third-order valence-corrected chi connectivity index (χ3v) is 13.8. The molecule has 2 saturated carbocycles. The number of benzene rings is 2. The summed E-state index contributed by atoms with van der Waals surface area (Å²) >= 11 is 0. The van der Waals surface area contributed by atoms with Gasteiger partial charge in [0.05, 0.1) is 33.5 Å². The number of piperidine rings is 2. The largest absolute Gasteiger partial charge is 0.504 e. The second-order valence-electron chi connectivity index (χ2n) is 15.4. The van der Waals surface area contributed by atoms with Crippen LogP contribution in [0, 0.1) is 0 Å². The van der Waals surface area contributed by atoms with E-state index in [9.17, 15) is 20.4 Å². The predicted molar refractivity (Wildman–Crippen MR) is 179 cm³/mol. The molecule has 250 valence electrons. The molecular weight excluding hydrogens is 608 g/mol. The lowest BCUT2D eigenvalue weighted by molar-refractivity contribution is -0.164. The van der Waals surface area contributed by atoms with Crippen molar-refractivity contribution in [3.05, 3.63) is 71.8 Å². The number of nitrogens with zero attached hydrogens (tertiary/aromatic N) is 4. The zero-order valence-corrected chi connectivity index (χ0v) is 27.1. The summed E-state index contributed by atoms with van der Waals surface area (Å²) in [6.07, 6.45) is 7.42. The zero-order valence-electron chi connectivity index (χ0n) is 27.1. The van der Waals surface area contributed by atoms with E-state index in [2.05, 4.69) is 23.0 Å². The Balaban J connectivity index is 1.08. The molecule has 2 unspecified atom stereocenters. The summed E-state index contributed by atoms with van der Waals surface area (Å²) in [7, 11) is 0. The highest BCUT2D eigenvalue weighted by Gasteiger charge is 2.74. The van der Waals surface area contributed by atoms with Crippen LogP contribution >= 0.6 is 0 Å². The third kappa shape index (κ3) is 3.15. The SMILES string of the molecule is C=CCN1CC[C@]23c4c5ccc(O)c4O[C@@H]2/C(=N\N=C2\CC[C@@]4(O)C6Cc7ccc(O)c8c7[C@@]4(CCN6CC=C)[C@@H]2O8)CC[C@@]3(O)C1C5. The lowest BCUT2D eigenvalue weighted by Gasteiger charge is -2.63. The number of ether oxygens (including phenoxy) is 2. The van der Waals surface area contributed by atoms with Gasteiger partial charge in [-0.2, -0.15) is 10.2 Å². The van der Waals surface area contributed by atoms with Gasteiger partial charge in [-0.1, -0.05) is 24.3 Å². The van der Waals surface area contributed by atoms with Gasteiger partial charge in [0.2, 0.25) is 0 Å². The van der Waals surface area contributed by atoms with Crippen LogP contribution in [0.25, 0.3) is 0 Å². The molecular formula is C38H42N4O6. The Bertz CT molecular complexity index is 1740. The van der Waals surface area contributed by atoms with Gasteiger partial charge in [-0.15, -0.1) is 13.2 Å². The van der Waals surface area contributed by atoms with E-state index in [1.54, 1.807) is 12.1 Å². The number of hydrogen-bond donors (Lipinski definition) is 4. The van der Waals surface area contributed by atoms with Crippen LogP contribution in [0.4, 0.5) is 0 Å². The molecule has 10 heteroatoms. The molecule has 8 aliphatic rings. The number of likely N-dealkylation sites (tertiary alicyclic amines) is 2. The molecule has 8 atom stereocenters. The van der Waals surface area contributed by atoms with Gasteiger partial charge < -0.3 is 29.9 Å². The van der Waals surface area contributed by atoms with Gasteiger partial charge in [-0.05, 0) is 74.6 Å². The first-order valence-electron chi connectivity index (χ1n) is 17.5. The van der Waals surface area contributed by atoms with Crippen LogP contribution in [0.3, 0.4) is 0 Å². The van der Waals surface area contributed by atoms with E-state index in [-0.39, 0.29) is 23.6 Å². The molecule has 2 aromatic carbocycles. The number of hydrogen-bond acceptors (Lipinski definition) is 10. The van der Waals surface area contributed by atoms with Gasteiger partial charge in [0.25, 0.3) is 0 Å². The number of aromatic hydroxyl groups is 2. The molecule has 4 N–H and O–H groups in total. The Hall–Kier alpha value is -3.70. The average molecular weight is 651 g/mol. The Morgan fingerprint density at radius 3 is 1.56 bits per heavy atom. The number of phenolic OH excluding ortho intramolecular Hbond substituents is 2. The van der Waals surface area contributed by atoms with E-state index in [1.807, 2.05) is 24.3 Å². The molecule has 0 radical (unpaired) electrons. The standard InChI is InChI=1S/C38H42N4O6/c1-3-15-41-17-13-35-29-21-5-7-25(43)31(29)47-33(35)23(9-11-37(35,45)27(41)19-21)39-40-24-10-12-38(46)28-20-22-6-8-26(44)32-30(22)36(38,34(24)48-32)14-18-42(28)16-4-2/h3-8,27-28,33-34,43-46H,1-2,9-20H2/b39-23-,40-24-/t27?,28?,33-,34-,35+,36+,37-,38-/m1/s1. The molecule has 10 nitrogen and oxygen atoms in total. The Labute approximate surface area is 279 Å². The summed E-state index contributed by atoms with van der Waals surface area (Å²) in [5.41, 5.74) is 1.99. The van der Waals surface area contributed by atoms with E-state index in [0.29, 0.717) is 76.0 Å². The maximum Gasteiger partial charge on any atom is 0.166 e. The summed E-state index contributed by atoms with van der Waals surface area (Å²) < 4.78 is 13.3. The van der Waals surface area contributed by atoms with Crippen molar-refractivity contribution < 1.29 is 29.9 Å². The van der Waals surface area contributed by atoms with Crippen molar-refractivity contribution in [1.29, 1.82) is 0 Å². The summed E-state index contributed by atoms with van der Waals surface area (Å²) in [4.78, 5) is 4.68. The van der Waals surface area contributed by atoms with Crippen LogP contribution in [0.15, 0.2) is 59.8 Å². The third-order valence-electron chi connectivity index (χ3n) is 13.8. The molecule has 4 aliphatic heterocycles. The van der Waals surface area contributed by atoms with Gasteiger partial charge in [-0.25, -0.2) is 0 Å². The Morgan fingerprint density at radius 2 is 1.15 bits per heavy atom. The van der Waals surface area contributed by atoms with Crippen molar-refractivity contribution in [2.45, 2.75) is 97.7 Å². The predicted octanol–water partition coefficient (Wildman–Crippen LogP) is 3.28. The zero-order chi connectivity index (χ0) is 32.8. The Morgan fingerprint density at radius 1 is 0.708 bits per heavy atom. The summed E-state index contributed by atoms with van der Waals surface area (Å²) in [5.74, 6) is 1.11. The minimum atomic E-state index is -1.06. The van der Waals surface area contributed by atoms with Crippen molar-refractivity contribution >= 4 is 11.4 Å². The van der Waals surface area contributed by atoms with Crippen LogP contribution in [-0.4, -0.2) is 103 Å². The molecule has 4 aliphatic carbocycles. The first-order valence-corrected chi connectivity index (χ1v) is 17.5. The van der Waals surface area contributed by atoms with Gasteiger partial charge in [0, 0.05) is 49.4 Å². The summed E-state index contributed by atoms with van der Waals surface area (Å²) in [6.45, 7) is 10.9. The fourth-order valence-electron chi connectivity index (χ4n) is 12.0. The highest BCUT2D eigenvalue weighted by atomic mass is 16.5. The van der Waals surface area contributed by atoms with Crippen molar-refractivity contribution in [2.75, 3.05) is 26.2 Å². The molecule has 4 heterocycles. The van der Waals surface area contributed by atoms with Crippen LogP contribution in [-0.2, 0) is 23.7 Å². The van der Waals surface area contributed by atoms with E-state index >= 15 is 0 Å². The molecule has 2 spiro atoms. The van der Waals surface area contributed by atoms with Crippen molar-refractivity contribution in [3.63, 3.8) is 0 Å². The number of aliphatic hydroxyl groups is 2. The first-order chi connectivity index (χ1) is 23.2. The average Bonchev–Trinajstić information content (AvgIpc) is 3.61. The normalized spacial score (nSPS) is 41.4. The second kappa shape index (κ2) is 9.50. The smallest absolute Gasteiger partial charge is 0.166 e. The summed E-state index contributed by atoms with van der Waals surface area (Å²) in [5, 5.41) is 57.4. The molecule has 0 amide bonds. The first kappa shape index (κ1) is 29.2. The topological polar surface area (TPSA) is 131 Å². The van der Waals surface area contributed by atoms with Crippen LogP contribution < -0.4 is 9.47 Å². The van der Waals surface area contributed by atoms with Gasteiger partial charge >= 0.3 is 0 Å². The van der Waals surface area contributed by atoms with Crippen molar-refractivity contribution in [3.8, 4) is 23.0 Å². The highest BCUT2D eigenvalue weighted by molar-refractivity contribution is 5.97. The molecule has 4 bridgehead atoms. The second-order valence-corrected chi connectivity index (χ2v) is 15.4. The fraction of sp³-hybridized carbons (Fsp3) is 0.526. The monoisotopic (exact) mass is 650 g/mol. The number of rotatable bonds is 5. The fourth-order valence-corrected chi connectivity index (χ4v) is 12.0. The molecule has 2 saturated heterocycles. The molecule has 0 aromatic heterocycles. The minimum absolute atomic E-state index is 0.0885. The van der Waals surface area contributed by atoms with Gasteiger partial charge in [0.1, 0.15) is 0 Å². The lowest BCUT2D eigenvalue weighted by Crippen LogP contribution is -2.76. The van der Waals surface area contributed by atoms with E-state index in [4.69, 9.17) is 19.7 Å². The van der Waals surface area contributed by atoms with Crippen molar-refractivity contribution in [1.82, 2.24) is 9.80 Å². The molecule has 2 aromatic rings. The lowest BCUT2D eigenvalue weighted by atomic mass is 9.48. The van der Waals surface area contributed by atoms with E-state index in [1.165, 1.54) is 0 Å². The summed E-state index contributed by atoms with van der Waals surface area (Å²) in [6, 6.07) is 7.18. The van der Waals surface area contributed by atoms with Crippen LogP contribution in [0.1, 0.15) is 60.8 Å². The van der Waals surface area contributed by atoms with Crippen LogP contribution in [0.2, 0.25) is 0 Å². The van der Waals surface area contributed by atoms with E-state index < -0.39 is 34.2 Å². The van der Waals surface area contributed by atoms with Gasteiger partial charge in [-0.3, -0.25) is 9.80 Å². The maximum absolute atomic E-state index is 12.7. The van der Waals surface area contributed by atoms with Crippen molar-refractivity contribution in [2.24, 2.45) is 10.2 Å². The van der Waals surface area contributed by atoms with Gasteiger partial charge in [0.15, 0.2) is 35.2 Å². The highest BCUT2D eigenvalue weighted by Crippen LogP contribution is 2.66. The quantitative estimate of drug-likeness (QED) is 0.287. The number of phenols is 2. The Kier molecular flexibility index (Phi) is 5.79. The molecule has 48 heavy (non-hydrogen) atoms. The van der Waals surface area contributed by atoms with E-state index in [0.717, 1.165) is 46.8 Å². The molecule has 10 rings (SSSR count). The minimum Gasteiger partial charge on any atom is -0.504 e.